The van der Waals surface area contributed by atoms with Crippen molar-refractivity contribution in [3.63, 3.8) is 0 Å². The molecule has 6 nitrogen and oxygen atoms in total. The Labute approximate surface area is 124 Å². The fourth-order valence-corrected chi connectivity index (χ4v) is 2.73. The Morgan fingerprint density at radius 1 is 1.29 bits per heavy atom. The Hall–Kier alpha value is -1.95. The van der Waals surface area contributed by atoms with Crippen LogP contribution in [0.25, 0.3) is 11.4 Å². The summed E-state index contributed by atoms with van der Waals surface area (Å²) in [5.41, 5.74) is 9.11. The Balaban J connectivity index is 1.83. The zero-order valence-electron chi connectivity index (χ0n) is 12.8. The molecule has 2 aromatic rings. The van der Waals surface area contributed by atoms with Crippen LogP contribution in [0.15, 0.2) is 12.1 Å². The first kappa shape index (κ1) is 14.0. The molecule has 6 heteroatoms. The van der Waals surface area contributed by atoms with Crippen LogP contribution in [0.1, 0.15) is 24.7 Å². The number of pyridine rings is 1. The van der Waals surface area contributed by atoms with Gasteiger partial charge in [-0.25, -0.2) is 0 Å². The Bertz CT molecular complexity index is 635. The van der Waals surface area contributed by atoms with Gasteiger partial charge >= 0.3 is 0 Å². The minimum atomic E-state index is 0.184. The molecular formula is C15H22N6. The summed E-state index contributed by atoms with van der Waals surface area (Å²) in [6.07, 6.45) is 1.08. The zero-order valence-corrected chi connectivity index (χ0v) is 12.8. The summed E-state index contributed by atoms with van der Waals surface area (Å²) in [5.74, 6) is 2.05. The number of anilines is 1. The molecule has 0 aliphatic carbocycles. The summed E-state index contributed by atoms with van der Waals surface area (Å²) < 4.78 is 0. The molecule has 2 unspecified atom stereocenters. The van der Waals surface area contributed by atoms with Crippen molar-refractivity contribution in [2.45, 2.75) is 33.2 Å². The number of hydrogen-bond donors (Lipinski definition) is 2. The monoisotopic (exact) mass is 286 g/mol. The number of aromatic nitrogens is 4. The topological polar surface area (TPSA) is 83.7 Å². The molecule has 0 spiro atoms. The van der Waals surface area contributed by atoms with Crippen molar-refractivity contribution >= 4 is 5.95 Å². The van der Waals surface area contributed by atoms with Crippen molar-refractivity contribution in [2.75, 3.05) is 18.0 Å². The number of hydrogen-bond acceptors (Lipinski definition) is 5. The predicted octanol–water partition coefficient (Wildman–Crippen LogP) is 1.66. The third-order valence-corrected chi connectivity index (χ3v) is 4.25. The first-order chi connectivity index (χ1) is 10.0. The second-order valence-corrected chi connectivity index (χ2v) is 5.95. The Kier molecular flexibility index (Phi) is 3.63. The molecule has 1 aliphatic rings. The maximum absolute atomic E-state index is 6.15. The van der Waals surface area contributed by atoms with E-state index in [2.05, 4.69) is 32.0 Å². The van der Waals surface area contributed by atoms with Crippen LogP contribution in [-0.4, -0.2) is 39.3 Å². The minimum absolute atomic E-state index is 0.184. The molecule has 0 bridgehead atoms. The van der Waals surface area contributed by atoms with Gasteiger partial charge in [0.05, 0.1) is 0 Å². The van der Waals surface area contributed by atoms with Crippen molar-refractivity contribution < 1.29 is 0 Å². The highest BCUT2D eigenvalue weighted by atomic mass is 15.4. The molecule has 2 atom stereocenters. The molecule has 1 aliphatic heterocycles. The van der Waals surface area contributed by atoms with Crippen LogP contribution in [0.5, 0.6) is 0 Å². The lowest BCUT2D eigenvalue weighted by Crippen LogP contribution is -2.48. The van der Waals surface area contributed by atoms with Crippen LogP contribution in [0.2, 0.25) is 0 Å². The van der Waals surface area contributed by atoms with Gasteiger partial charge in [0, 0.05) is 36.1 Å². The normalized spacial score (nSPS) is 22.6. The van der Waals surface area contributed by atoms with Gasteiger partial charge in [-0.1, -0.05) is 6.92 Å². The molecule has 0 amide bonds. The molecule has 2 aromatic heterocycles. The van der Waals surface area contributed by atoms with Gasteiger partial charge < -0.3 is 10.6 Å². The van der Waals surface area contributed by atoms with E-state index in [1.165, 1.54) is 0 Å². The maximum atomic E-state index is 6.15. The van der Waals surface area contributed by atoms with E-state index < -0.39 is 0 Å². The average molecular weight is 286 g/mol. The second kappa shape index (κ2) is 5.44. The van der Waals surface area contributed by atoms with Crippen LogP contribution in [0, 0.1) is 19.8 Å². The van der Waals surface area contributed by atoms with Gasteiger partial charge in [-0.05, 0) is 38.3 Å². The molecule has 0 radical (unpaired) electrons. The van der Waals surface area contributed by atoms with Gasteiger partial charge in [-0.2, -0.15) is 4.98 Å². The number of nitrogens with one attached hydrogen (secondary N) is 1. The summed E-state index contributed by atoms with van der Waals surface area (Å²) in [6.45, 7) is 7.94. The van der Waals surface area contributed by atoms with E-state index in [1.54, 1.807) is 0 Å². The van der Waals surface area contributed by atoms with Crippen LogP contribution >= 0.6 is 0 Å². The van der Waals surface area contributed by atoms with Gasteiger partial charge in [-0.15, -0.1) is 5.10 Å². The zero-order chi connectivity index (χ0) is 15.0. The Morgan fingerprint density at radius 3 is 2.81 bits per heavy atom. The Morgan fingerprint density at radius 2 is 2.10 bits per heavy atom. The second-order valence-electron chi connectivity index (χ2n) is 5.95. The number of H-pyrrole nitrogens is 1. The fraction of sp³-hybridized carbons (Fsp3) is 0.533. The average Bonchev–Trinajstić information content (AvgIpc) is 2.91. The molecule has 3 rings (SSSR count). The van der Waals surface area contributed by atoms with E-state index >= 15 is 0 Å². The quantitative estimate of drug-likeness (QED) is 0.877. The first-order valence-electron chi connectivity index (χ1n) is 7.42. The highest BCUT2D eigenvalue weighted by Gasteiger charge is 2.25. The van der Waals surface area contributed by atoms with Gasteiger partial charge in [0.2, 0.25) is 5.95 Å². The molecule has 1 saturated heterocycles. The largest absolute Gasteiger partial charge is 0.338 e. The number of nitrogens with two attached hydrogens (primary N) is 1. The standard InChI is InChI=1S/C15H22N6/c1-9-6-7-21(8-13(9)16)15-18-14(19-20-15)12-5-4-10(2)17-11(12)3/h4-5,9,13H,6-8,16H2,1-3H3,(H,18,19,20). The van der Waals surface area contributed by atoms with Gasteiger partial charge in [-0.3, -0.25) is 10.1 Å². The lowest BCUT2D eigenvalue weighted by molar-refractivity contribution is 0.376. The van der Waals surface area contributed by atoms with E-state index in [9.17, 15) is 0 Å². The van der Waals surface area contributed by atoms with Crippen LogP contribution < -0.4 is 10.6 Å². The van der Waals surface area contributed by atoms with Crippen LogP contribution in [-0.2, 0) is 0 Å². The predicted molar refractivity (Wildman–Crippen MR) is 83.1 cm³/mol. The summed E-state index contributed by atoms with van der Waals surface area (Å²) in [4.78, 5) is 11.2. The molecule has 0 aromatic carbocycles. The van der Waals surface area contributed by atoms with Crippen molar-refractivity contribution in [3.05, 3.63) is 23.5 Å². The van der Waals surface area contributed by atoms with Gasteiger partial charge in [0.1, 0.15) is 0 Å². The highest BCUT2D eigenvalue weighted by molar-refractivity contribution is 5.59. The summed E-state index contributed by atoms with van der Waals surface area (Å²) >= 11 is 0. The van der Waals surface area contributed by atoms with Crippen molar-refractivity contribution in [2.24, 2.45) is 11.7 Å². The van der Waals surface area contributed by atoms with E-state index in [-0.39, 0.29) is 6.04 Å². The SMILES string of the molecule is Cc1ccc(-c2nc(N3CCC(C)C(N)C3)n[nH]2)c(C)n1. The van der Waals surface area contributed by atoms with Crippen molar-refractivity contribution in [3.8, 4) is 11.4 Å². The number of rotatable bonds is 2. The number of aryl methyl sites for hydroxylation is 2. The van der Waals surface area contributed by atoms with E-state index in [4.69, 9.17) is 5.73 Å². The number of nitrogens with zero attached hydrogens (tertiary/aromatic N) is 4. The third-order valence-electron chi connectivity index (χ3n) is 4.25. The molecule has 3 N–H and O–H groups in total. The van der Waals surface area contributed by atoms with E-state index in [0.717, 1.165) is 48.2 Å². The molecule has 0 saturated carbocycles. The number of piperidine rings is 1. The fourth-order valence-electron chi connectivity index (χ4n) is 2.73. The molecule has 21 heavy (non-hydrogen) atoms. The molecule has 1 fully saturated rings. The molecule has 112 valence electrons. The van der Waals surface area contributed by atoms with Gasteiger partial charge in [0.15, 0.2) is 5.82 Å². The van der Waals surface area contributed by atoms with Crippen LogP contribution in [0.4, 0.5) is 5.95 Å². The molecule has 3 heterocycles. The van der Waals surface area contributed by atoms with Crippen molar-refractivity contribution in [1.82, 2.24) is 20.2 Å². The number of aromatic amines is 1. The van der Waals surface area contributed by atoms with Crippen LogP contribution in [0.3, 0.4) is 0 Å². The summed E-state index contributed by atoms with van der Waals surface area (Å²) in [7, 11) is 0. The lowest BCUT2D eigenvalue weighted by Gasteiger charge is -2.34. The third kappa shape index (κ3) is 2.76. The first-order valence-corrected chi connectivity index (χ1v) is 7.42. The summed E-state index contributed by atoms with van der Waals surface area (Å²) in [5, 5.41) is 7.37. The van der Waals surface area contributed by atoms with Crippen molar-refractivity contribution in [1.29, 1.82) is 0 Å². The lowest BCUT2D eigenvalue weighted by atomic mass is 9.95. The smallest absolute Gasteiger partial charge is 0.245 e. The van der Waals surface area contributed by atoms with Gasteiger partial charge in [0.25, 0.3) is 0 Å². The minimum Gasteiger partial charge on any atom is -0.338 e. The maximum Gasteiger partial charge on any atom is 0.245 e. The van der Waals surface area contributed by atoms with E-state index in [1.807, 2.05) is 26.0 Å². The van der Waals surface area contributed by atoms with E-state index in [0.29, 0.717) is 5.92 Å². The summed E-state index contributed by atoms with van der Waals surface area (Å²) in [6, 6.07) is 4.21. The molecular weight excluding hydrogens is 264 g/mol. The highest BCUT2D eigenvalue weighted by Crippen LogP contribution is 2.23.